The highest BCUT2D eigenvalue weighted by molar-refractivity contribution is 6.30. The molecule has 0 aliphatic heterocycles. The van der Waals surface area contributed by atoms with E-state index in [1.807, 2.05) is 24.3 Å². The molecule has 0 aliphatic carbocycles. The van der Waals surface area contributed by atoms with Crippen LogP contribution in [0.25, 0.3) is 0 Å². The molecule has 84 valence electrons. The van der Waals surface area contributed by atoms with Crippen molar-refractivity contribution in [3.05, 3.63) is 34.9 Å². The summed E-state index contributed by atoms with van der Waals surface area (Å²) in [7, 11) is 0. The number of benzene rings is 1. The first kappa shape index (κ1) is 12.5. The molecule has 1 rings (SSSR count). The second-order valence-electron chi connectivity index (χ2n) is 4.04. The van der Waals surface area contributed by atoms with Crippen LogP contribution in [0, 0.1) is 0 Å². The predicted molar refractivity (Wildman–Crippen MR) is 65.2 cm³/mol. The van der Waals surface area contributed by atoms with Crippen molar-refractivity contribution in [1.29, 1.82) is 0 Å². The SMILES string of the molecule is CCCC(O)(CCC)c1ccc(Cl)cc1. The van der Waals surface area contributed by atoms with Gasteiger partial charge in [-0.25, -0.2) is 0 Å². The Hall–Kier alpha value is -0.530. The van der Waals surface area contributed by atoms with Crippen LogP contribution in [0.1, 0.15) is 45.1 Å². The molecule has 2 heteroatoms. The third kappa shape index (κ3) is 3.22. The summed E-state index contributed by atoms with van der Waals surface area (Å²) in [6.45, 7) is 4.19. The Morgan fingerprint density at radius 3 is 1.93 bits per heavy atom. The van der Waals surface area contributed by atoms with Gasteiger partial charge in [0.2, 0.25) is 0 Å². The fourth-order valence-electron chi connectivity index (χ4n) is 2.00. The number of hydrogen-bond acceptors (Lipinski definition) is 1. The van der Waals surface area contributed by atoms with E-state index in [4.69, 9.17) is 11.6 Å². The molecule has 1 aromatic rings. The van der Waals surface area contributed by atoms with E-state index >= 15 is 0 Å². The lowest BCUT2D eigenvalue weighted by atomic mass is 9.85. The summed E-state index contributed by atoms with van der Waals surface area (Å²) in [6, 6.07) is 7.53. The highest BCUT2D eigenvalue weighted by Gasteiger charge is 2.26. The summed E-state index contributed by atoms with van der Waals surface area (Å²) in [5.41, 5.74) is 0.310. The average molecular weight is 227 g/mol. The van der Waals surface area contributed by atoms with E-state index in [1.165, 1.54) is 0 Å². The van der Waals surface area contributed by atoms with Crippen molar-refractivity contribution in [1.82, 2.24) is 0 Å². The zero-order chi connectivity index (χ0) is 11.3. The maximum atomic E-state index is 10.5. The number of aliphatic hydroxyl groups is 1. The van der Waals surface area contributed by atoms with E-state index in [0.29, 0.717) is 5.02 Å². The van der Waals surface area contributed by atoms with E-state index in [1.54, 1.807) is 0 Å². The summed E-state index contributed by atoms with van der Waals surface area (Å²) >= 11 is 5.83. The molecule has 0 spiro atoms. The maximum Gasteiger partial charge on any atom is 0.0896 e. The first-order chi connectivity index (χ1) is 7.12. The monoisotopic (exact) mass is 226 g/mol. The minimum Gasteiger partial charge on any atom is -0.385 e. The highest BCUT2D eigenvalue weighted by Crippen LogP contribution is 2.31. The lowest BCUT2D eigenvalue weighted by Gasteiger charge is -2.28. The van der Waals surface area contributed by atoms with E-state index in [-0.39, 0.29) is 0 Å². The van der Waals surface area contributed by atoms with Crippen molar-refractivity contribution < 1.29 is 5.11 Å². The van der Waals surface area contributed by atoms with Crippen LogP contribution in [0.5, 0.6) is 0 Å². The third-order valence-corrected chi connectivity index (χ3v) is 2.96. The number of rotatable bonds is 5. The maximum absolute atomic E-state index is 10.5. The summed E-state index contributed by atoms with van der Waals surface area (Å²) in [5, 5.41) is 11.2. The lowest BCUT2D eigenvalue weighted by molar-refractivity contribution is 0.0170. The molecule has 1 nitrogen and oxygen atoms in total. The zero-order valence-corrected chi connectivity index (χ0v) is 10.2. The summed E-state index contributed by atoms with van der Waals surface area (Å²) in [5.74, 6) is 0. The van der Waals surface area contributed by atoms with Gasteiger partial charge in [0.25, 0.3) is 0 Å². The second-order valence-corrected chi connectivity index (χ2v) is 4.47. The van der Waals surface area contributed by atoms with Gasteiger partial charge >= 0.3 is 0 Å². The molecule has 15 heavy (non-hydrogen) atoms. The van der Waals surface area contributed by atoms with Gasteiger partial charge in [-0.05, 0) is 30.5 Å². The van der Waals surface area contributed by atoms with Crippen LogP contribution in [0.15, 0.2) is 24.3 Å². The Morgan fingerprint density at radius 2 is 1.53 bits per heavy atom. The van der Waals surface area contributed by atoms with E-state index < -0.39 is 5.60 Å². The number of hydrogen-bond donors (Lipinski definition) is 1. The first-order valence-corrected chi connectivity index (χ1v) is 5.98. The van der Waals surface area contributed by atoms with E-state index in [2.05, 4.69) is 13.8 Å². The van der Waals surface area contributed by atoms with E-state index in [9.17, 15) is 5.11 Å². The standard InChI is InChI=1S/C13H19ClO/c1-3-9-13(15,10-4-2)11-5-7-12(14)8-6-11/h5-8,15H,3-4,9-10H2,1-2H3. The van der Waals surface area contributed by atoms with Gasteiger partial charge in [-0.1, -0.05) is 50.4 Å². The van der Waals surface area contributed by atoms with Crippen molar-refractivity contribution in [3.8, 4) is 0 Å². The minimum absolute atomic E-state index is 0.673. The van der Waals surface area contributed by atoms with Crippen molar-refractivity contribution in [3.63, 3.8) is 0 Å². The molecule has 0 bridgehead atoms. The highest BCUT2D eigenvalue weighted by atomic mass is 35.5. The fourth-order valence-corrected chi connectivity index (χ4v) is 2.13. The van der Waals surface area contributed by atoms with Crippen LogP contribution in [0.4, 0.5) is 0 Å². The van der Waals surface area contributed by atoms with Gasteiger partial charge in [-0.2, -0.15) is 0 Å². The van der Waals surface area contributed by atoms with Crippen molar-refractivity contribution in [2.24, 2.45) is 0 Å². The van der Waals surface area contributed by atoms with Gasteiger partial charge in [0.05, 0.1) is 5.60 Å². The Labute approximate surface area is 97.1 Å². The topological polar surface area (TPSA) is 20.2 Å². The van der Waals surface area contributed by atoms with Crippen molar-refractivity contribution >= 4 is 11.6 Å². The first-order valence-electron chi connectivity index (χ1n) is 5.61. The second kappa shape index (κ2) is 5.53. The molecule has 0 fully saturated rings. The molecule has 0 saturated heterocycles. The molecule has 1 aromatic carbocycles. The van der Waals surface area contributed by atoms with Crippen molar-refractivity contribution in [2.75, 3.05) is 0 Å². The van der Waals surface area contributed by atoms with Gasteiger partial charge in [-0.3, -0.25) is 0 Å². The molecule has 0 aliphatic rings. The Bertz CT molecular complexity index is 286. The summed E-state index contributed by atoms with van der Waals surface area (Å²) < 4.78 is 0. The molecular formula is C13H19ClO. The van der Waals surface area contributed by atoms with Crippen LogP contribution in [-0.2, 0) is 5.60 Å². The van der Waals surface area contributed by atoms with Crippen LogP contribution >= 0.6 is 11.6 Å². The Morgan fingerprint density at radius 1 is 1.07 bits per heavy atom. The Balaban J connectivity index is 2.92. The molecule has 0 amide bonds. The minimum atomic E-state index is -0.673. The molecule has 0 atom stereocenters. The molecule has 0 saturated carbocycles. The van der Waals surface area contributed by atoms with Gasteiger partial charge in [0.1, 0.15) is 0 Å². The third-order valence-electron chi connectivity index (χ3n) is 2.71. The summed E-state index contributed by atoms with van der Waals surface area (Å²) in [4.78, 5) is 0. The predicted octanol–water partition coefficient (Wildman–Crippen LogP) is 4.13. The van der Waals surface area contributed by atoms with Gasteiger partial charge in [0, 0.05) is 5.02 Å². The summed E-state index contributed by atoms with van der Waals surface area (Å²) in [6.07, 6.45) is 3.59. The molecule has 0 heterocycles. The number of halogens is 1. The zero-order valence-electron chi connectivity index (χ0n) is 9.46. The Kier molecular flexibility index (Phi) is 4.62. The average Bonchev–Trinajstić information content (AvgIpc) is 2.19. The van der Waals surface area contributed by atoms with Crippen LogP contribution in [0.3, 0.4) is 0 Å². The van der Waals surface area contributed by atoms with Gasteiger partial charge in [0.15, 0.2) is 0 Å². The largest absolute Gasteiger partial charge is 0.385 e. The quantitative estimate of drug-likeness (QED) is 0.801. The molecule has 1 N–H and O–H groups in total. The fraction of sp³-hybridized carbons (Fsp3) is 0.538. The normalized spacial score (nSPS) is 11.7. The molecule has 0 unspecified atom stereocenters. The van der Waals surface area contributed by atoms with Crippen LogP contribution in [-0.4, -0.2) is 5.11 Å². The van der Waals surface area contributed by atoms with Crippen LogP contribution in [0.2, 0.25) is 5.02 Å². The van der Waals surface area contributed by atoms with E-state index in [0.717, 1.165) is 31.2 Å². The molecule has 0 aromatic heterocycles. The lowest BCUT2D eigenvalue weighted by Crippen LogP contribution is -2.25. The molecule has 0 radical (unpaired) electrons. The van der Waals surface area contributed by atoms with Crippen LogP contribution < -0.4 is 0 Å². The van der Waals surface area contributed by atoms with Gasteiger partial charge in [-0.15, -0.1) is 0 Å². The molecular weight excluding hydrogens is 208 g/mol. The smallest absolute Gasteiger partial charge is 0.0896 e. The van der Waals surface area contributed by atoms with Gasteiger partial charge < -0.3 is 5.11 Å². The van der Waals surface area contributed by atoms with Crippen molar-refractivity contribution in [2.45, 2.75) is 45.1 Å².